The maximum atomic E-state index is 6.39. The molecule has 0 saturated carbocycles. The molecule has 0 aliphatic carbocycles. The van der Waals surface area contributed by atoms with Crippen LogP contribution < -0.4 is 10.2 Å². The van der Waals surface area contributed by atoms with E-state index >= 15 is 0 Å². The van der Waals surface area contributed by atoms with Crippen LogP contribution in [0.2, 0.25) is 5.15 Å². The number of hydrogen-bond donors (Lipinski definition) is 1. The lowest BCUT2D eigenvalue weighted by molar-refractivity contribution is 0.942. The average Bonchev–Trinajstić information content (AvgIpc) is 2.72. The van der Waals surface area contributed by atoms with E-state index in [1.165, 1.54) is 28.6 Å². The molecule has 0 amide bonds. The van der Waals surface area contributed by atoms with Gasteiger partial charge in [-0.1, -0.05) is 53.6 Å². The molecular weight excluding hydrogens is 332 g/mol. The quantitative estimate of drug-likeness (QED) is 0.625. The molecular formula is C20H19ClN4. The largest absolute Gasteiger partial charge is 0.369 e. The predicted octanol–water partition coefficient (Wildman–Crippen LogP) is 5.03. The summed E-state index contributed by atoms with van der Waals surface area (Å²) in [5.74, 6) is 0.779. The van der Waals surface area contributed by atoms with Gasteiger partial charge >= 0.3 is 0 Å². The Morgan fingerprint density at radius 2 is 1.72 bits per heavy atom. The third-order valence-corrected chi connectivity index (χ3v) is 4.94. The first-order chi connectivity index (χ1) is 12.0. The number of aromatic nitrogens is 2. The van der Waals surface area contributed by atoms with E-state index in [0.29, 0.717) is 5.15 Å². The number of aryl methyl sites for hydroxylation is 2. The number of anilines is 3. The van der Waals surface area contributed by atoms with Crippen LogP contribution in [-0.4, -0.2) is 17.0 Å². The average molecular weight is 351 g/mol. The van der Waals surface area contributed by atoms with E-state index in [9.17, 15) is 0 Å². The molecule has 4 rings (SSSR count). The first-order valence-corrected chi connectivity index (χ1v) is 8.60. The topological polar surface area (TPSA) is 41.1 Å². The zero-order valence-electron chi connectivity index (χ0n) is 14.4. The molecule has 0 radical (unpaired) electrons. The Labute approximate surface area is 152 Å². The fourth-order valence-electron chi connectivity index (χ4n) is 3.28. The van der Waals surface area contributed by atoms with Crippen molar-refractivity contribution >= 4 is 28.8 Å². The minimum atomic E-state index is -0.0246. The van der Waals surface area contributed by atoms with Gasteiger partial charge < -0.3 is 10.2 Å². The highest BCUT2D eigenvalue weighted by molar-refractivity contribution is 6.32. The Hall–Kier alpha value is -2.59. The first-order valence-electron chi connectivity index (χ1n) is 8.22. The summed E-state index contributed by atoms with van der Waals surface area (Å²) < 4.78 is 0. The lowest BCUT2D eigenvalue weighted by Crippen LogP contribution is -2.13. The Bertz CT molecular complexity index is 937. The van der Waals surface area contributed by atoms with Gasteiger partial charge in [-0.05, 0) is 31.0 Å². The van der Waals surface area contributed by atoms with Crippen LogP contribution in [0.25, 0.3) is 0 Å². The third kappa shape index (κ3) is 2.72. The number of nitrogens with one attached hydrogen (secondary N) is 1. The van der Waals surface area contributed by atoms with E-state index in [0.717, 1.165) is 17.2 Å². The number of nitrogens with zero attached hydrogens (tertiary/aromatic N) is 3. The fraction of sp³-hybridized carbons (Fsp3) is 0.200. The van der Waals surface area contributed by atoms with E-state index in [1.807, 2.05) is 7.05 Å². The third-order valence-electron chi connectivity index (χ3n) is 4.66. The summed E-state index contributed by atoms with van der Waals surface area (Å²) in [4.78, 5) is 10.7. The zero-order chi connectivity index (χ0) is 17.6. The molecule has 0 bridgehead atoms. The molecule has 5 heteroatoms. The zero-order valence-corrected chi connectivity index (χ0v) is 15.2. The molecule has 0 saturated heterocycles. The molecule has 0 fully saturated rings. The number of hydrogen-bond acceptors (Lipinski definition) is 4. The Morgan fingerprint density at radius 3 is 2.48 bits per heavy atom. The van der Waals surface area contributed by atoms with Gasteiger partial charge in [0.05, 0.1) is 6.04 Å². The van der Waals surface area contributed by atoms with Crippen molar-refractivity contribution in [1.29, 1.82) is 0 Å². The fourth-order valence-corrected chi connectivity index (χ4v) is 3.46. The lowest BCUT2D eigenvalue weighted by atomic mass is 9.95. The summed E-state index contributed by atoms with van der Waals surface area (Å²) in [6, 6.07) is 15.0. The number of fused-ring (bicyclic) bond motifs is 2. The van der Waals surface area contributed by atoms with Crippen molar-refractivity contribution < 1.29 is 0 Å². The molecule has 4 nitrogen and oxygen atoms in total. The van der Waals surface area contributed by atoms with E-state index in [1.54, 1.807) is 0 Å². The van der Waals surface area contributed by atoms with E-state index in [4.69, 9.17) is 11.6 Å². The normalized spacial score (nSPS) is 15.8. The summed E-state index contributed by atoms with van der Waals surface area (Å²) in [5.41, 5.74) is 6.68. The molecule has 1 aliphatic rings. The number of rotatable bonds is 1. The van der Waals surface area contributed by atoms with Crippen molar-refractivity contribution in [3.63, 3.8) is 0 Å². The Morgan fingerprint density at radius 1 is 1.00 bits per heavy atom. The number of benzene rings is 2. The molecule has 1 N–H and O–H groups in total. The van der Waals surface area contributed by atoms with Crippen LogP contribution in [-0.2, 0) is 0 Å². The van der Waals surface area contributed by atoms with E-state index in [2.05, 4.69) is 76.5 Å². The second-order valence-electron chi connectivity index (χ2n) is 6.47. The molecule has 126 valence electrons. The SMILES string of the molecule is Cc1ccc(C2Nc3c(Cl)ncnc3N(C)c3cc(C)ccc32)cc1. The van der Waals surface area contributed by atoms with Crippen LogP contribution in [0.5, 0.6) is 0 Å². The van der Waals surface area contributed by atoms with Crippen molar-refractivity contribution in [3.05, 3.63) is 76.2 Å². The highest BCUT2D eigenvalue weighted by Crippen LogP contribution is 2.44. The highest BCUT2D eigenvalue weighted by atomic mass is 35.5. The maximum Gasteiger partial charge on any atom is 0.161 e. The van der Waals surface area contributed by atoms with Gasteiger partial charge in [0, 0.05) is 18.3 Å². The van der Waals surface area contributed by atoms with Crippen LogP contribution in [0.15, 0.2) is 48.8 Å². The van der Waals surface area contributed by atoms with Gasteiger partial charge in [0.15, 0.2) is 11.0 Å². The Balaban J connectivity index is 1.96. The van der Waals surface area contributed by atoms with Crippen molar-refractivity contribution in [2.75, 3.05) is 17.3 Å². The van der Waals surface area contributed by atoms with Gasteiger partial charge in [-0.2, -0.15) is 0 Å². The summed E-state index contributed by atoms with van der Waals surface area (Å²) in [7, 11) is 2.01. The number of halogens is 1. The molecule has 1 unspecified atom stereocenters. The predicted molar refractivity (Wildman–Crippen MR) is 103 cm³/mol. The minimum Gasteiger partial charge on any atom is -0.369 e. The molecule has 1 atom stereocenters. The molecule has 2 heterocycles. The van der Waals surface area contributed by atoms with Gasteiger partial charge in [0.2, 0.25) is 0 Å². The van der Waals surface area contributed by atoms with Crippen LogP contribution in [0, 0.1) is 13.8 Å². The summed E-state index contributed by atoms with van der Waals surface area (Å²) in [5, 5.41) is 4.00. The standard InChI is InChI=1S/C20H19ClN4/c1-12-4-7-14(8-5-12)17-15-9-6-13(2)10-16(15)25(3)20-18(24-17)19(21)22-11-23-20/h4-11,17,24H,1-3H3. The van der Waals surface area contributed by atoms with Crippen LogP contribution in [0.3, 0.4) is 0 Å². The van der Waals surface area contributed by atoms with Crippen molar-refractivity contribution in [2.24, 2.45) is 0 Å². The van der Waals surface area contributed by atoms with E-state index < -0.39 is 0 Å². The molecule has 1 aliphatic heterocycles. The first kappa shape index (κ1) is 15.9. The van der Waals surface area contributed by atoms with Gasteiger partial charge in [-0.15, -0.1) is 0 Å². The van der Waals surface area contributed by atoms with Crippen LogP contribution in [0.4, 0.5) is 17.2 Å². The minimum absolute atomic E-state index is 0.0246. The maximum absolute atomic E-state index is 6.39. The van der Waals surface area contributed by atoms with Crippen molar-refractivity contribution in [3.8, 4) is 0 Å². The monoisotopic (exact) mass is 350 g/mol. The lowest BCUT2D eigenvalue weighted by Gasteiger charge is -2.22. The summed E-state index contributed by atoms with van der Waals surface area (Å²) >= 11 is 6.39. The second kappa shape index (κ2) is 6.05. The van der Waals surface area contributed by atoms with Crippen molar-refractivity contribution in [1.82, 2.24) is 9.97 Å². The van der Waals surface area contributed by atoms with Gasteiger partial charge in [0.25, 0.3) is 0 Å². The van der Waals surface area contributed by atoms with Gasteiger partial charge in [-0.3, -0.25) is 0 Å². The van der Waals surface area contributed by atoms with Crippen LogP contribution >= 0.6 is 11.6 Å². The molecule has 25 heavy (non-hydrogen) atoms. The second-order valence-corrected chi connectivity index (χ2v) is 6.83. The van der Waals surface area contributed by atoms with Gasteiger partial charge in [-0.25, -0.2) is 9.97 Å². The summed E-state index contributed by atoms with van der Waals surface area (Å²) in [6.45, 7) is 4.19. The molecule has 2 aromatic carbocycles. The molecule has 1 aromatic heterocycles. The van der Waals surface area contributed by atoms with Crippen LogP contribution in [0.1, 0.15) is 28.3 Å². The Kier molecular flexibility index (Phi) is 3.85. The van der Waals surface area contributed by atoms with Gasteiger partial charge in [0.1, 0.15) is 12.0 Å². The summed E-state index contributed by atoms with van der Waals surface area (Å²) in [6.07, 6.45) is 1.50. The molecule has 0 spiro atoms. The smallest absolute Gasteiger partial charge is 0.161 e. The highest BCUT2D eigenvalue weighted by Gasteiger charge is 2.28. The molecule has 3 aromatic rings. The van der Waals surface area contributed by atoms with Crippen molar-refractivity contribution in [2.45, 2.75) is 19.9 Å². The van der Waals surface area contributed by atoms with E-state index in [-0.39, 0.29) is 6.04 Å².